The lowest BCUT2D eigenvalue weighted by Crippen LogP contribution is -2.39. The van der Waals surface area contributed by atoms with Crippen LogP contribution in [0.5, 0.6) is 11.8 Å². The van der Waals surface area contributed by atoms with Gasteiger partial charge in [0, 0.05) is 24.7 Å². The molecule has 5 rings (SSSR count). The highest BCUT2D eigenvalue weighted by Crippen LogP contribution is 2.34. The molecule has 1 aromatic heterocycles. The van der Waals surface area contributed by atoms with E-state index < -0.39 is 5.60 Å². The molecule has 1 aliphatic rings. The van der Waals surface area contributed by atoms with Gasteiger partial charge >= 0.3 is 6.09 Å². The highest BCUT2D eigenvalue weighted by atomic mass is 17.2. The van der Waals surface area contributed by atoms with Gasteiger partial charge in [-0.2, -0.15) is 9.87 Å². The Morgan fingerprint density at radius 2 is 1.55 bits per heavy atom. The molecule has 0 radical (unpaired) electrons. The van der Waals surface area contributed by atoms with E-state index in [1.165, 1.54) is 5.56 Å². The van der Waals surface area contributed by atoms with Crippen LogP contribution in [0.25, 0.3) is 11.1 Å². The highest BCUT2D eigenvalue weighted by molar-refractivity contribution is 5.72. The Kier molecular flexibility index (Phi) is 8.31. The standard InChI is InChI=1S/C33H34N2O5/c1-33(2,3)39-32(36)35-19-18-26-14-15-27(20-28(26)21-35)29-16-17-30(40-38-23-25-12-8-5-9-13-25)34-31(29)37-22-24-10-6-4-7-11-24/h4-17,20H,18-19,21-23H2,1-3H3. The molecule has 0 N–H and O–H groups in total. The summed E-state index contributed by atoms with van der Waals surface area (Å²) in [5, 5.41) is 0. The van der Waals surface area contributed by atoms with Gasteiger partial charge in [-0.1, -0.05) is 72.8 Å². The van der Waals surface area contributed by atoms with E-state index in [-0.39, 0.29) is 6.09 Å². The van der Waals surface area contributed by atoms with Crippen LogP contribution in [0.3, 0.4) is 0 Å². The lowest BCUT2D eigenvalue weighted by molar-refractivity contribution is -0.220. The molecule has 40 heavy (non-hydrogen) atoms. The fourth-order valence-electron chi connectivity index (χ4n) is 4.46. The summed E-state index contributed by atoms with van der Waals surface area (Å²) in [6.07, 6.45) is 0.477. The summed E-state index contributed by atoms with van der Waals surface area (Å²) < 4.78 is 11.8. The predicted molar refractivity (Wildman–Crippen MR) is 153 cm³/mol. The van der Waals surface area contributed by atoms with Gasteiger partial charge in [0.05, 0.1) is 0 Å². The van der Waals surface area contributed by atoms with Crippen LogP contribution in [0.4, 0.5) is 4.79 Å². The minimum atomic E-state index is -0.537. The van der Waals surface area contributed by atoms with Crippen molar-refractivity contribution in [1.29, 1.82) is 0 Å². The molecule has 7 nitrogen and oxygen atoms in total. The van der Waals surface area contributed by atoms with Crippen molar-refractivity contribution in [2.24, 2.45) is 0 Å². The van der Waals surface area contributed by atoms with Crippen molar-refractivity contribution in [2.45, 2.75) is 52.6 Å². The maximum absolute atomic E-state index is 12.7. The molecule has 0 spiro atoms. The first-order chi connectivity index (χ1) is 19.3. The first-order valence-corrected chi connectivity index (χ1v) is 13.5. The van der Waals surface area contributed by atoms with E-state index in [4.69, 9.17) is 19.2 Å². The number of ether oxygens (including phenoxy) is 2. The normalized spacial score (nSPS) is 12.9. The number of carbonyl (C=O) groups excluding carboxylic acids is 1. The topological polar surface area (TPSA) is 70.1 Å². The second-order valence-corrected chi connectivity index (χ2v) is 10.7. The van der Waals surface area contributed by atoms with Crippen LogP contribution in [0, 0.1) is 0 Å². The number of amides is 1. The van der Waals surface area contributed by atoms with Crippen molar-refractivity contribution in [2.75, 3.05) is 6.54 Å². The zero-order valence-corrected chi connectivity index (χ0v) is 23.1. The van der Waals surface area contributed by atoms with Crippen LogP contribution in [-0.4, -0.2) is 28.1 Å². The van der Waals surface area contributed by atoms with Gasteiger partial charge in [0.2, 0.25) is 5.88 Å². The Morgan fingerprint density at radius 3 is 2.25 bits per heavy atom. The van der Waals surface area contributed by atoms with Gasteiger partial charge in [-0.3, -0.25) is 0 Å². The van der Waals surface area contributed by atoms with Gasteiger partial charge in [0.1, 0.15) is 18.8 Å². The maximum Gasteiger partial charge on any atom is 0.410 e. The third-order valence-corrected chi connectivity index (χ3v) is 6.45. The first kappa shape index (κ1) is 27.2. The smallest absolute Gasteiger partial charge is 0.410 e. The van der Waals surface area contributed by atoms with Crippen molar-refractivity contribution in [3.8, 4) is 22.9 Å². The Morgan fingerprint density at radius 1 is 0.850 bits per heavy atom. The molecule has 0 saturated carbocycles. The lowest BCUT2D eigenvalue weighted by Gasteiger charge is -2.31. The zero-order valence-electron chi connectivity index (χ0n) is 23.1. The summed E-state index contributed by atoms with van der Waals surface area (Å²) >= 11 is 0. The Labute approximate surface area is 235 Å². The summed E-state index contributed by atoms with van der Waals surface area (Å²) in [5.41, 5.74) is 5.55. The summed E-state index contributed by atoms with van der Waals surface area (Å²) in [5.74, 6) is 0.737. The van der Waals surface area contributed by atoms with Crippen molar-refractivity contribution in [1.82, 2.24) is 9.88 Å². The van der Waals surface area contributed by atoms with Crippen LogP contribution in [0.15, 0.2) is 91.0 Å². The molecular weight excluding hydrogens is 504 g/mol. The molecule has 3 aromatic carbocycles. The van der Waals surface area contributed by atoms with E-state index in [1.807, 2.05) is 87.5 Å². The molecule has 0 atom stereocenters. The molecule has 0 saturated heterocycles. The number of carbonyl (C=O) groups is 1. The van der Waals surface area contributed by atoms with Crippen LogP contribution in [0.2, 0.25) is 0 Å². The number of aromatic nitrogens is 1. The van der Waals surface area contributed by atoms with Gasteiger partial charge in [0.25, 0.3) is 5.88 Å². The average molecular weight is 539 g/mol. The number of pyridine rings is 1. The van der Waals surface area contributed by atoms with Crippen LogP contribution >= 0.6 is 0 Å². The average Bonchev–Trinajstić information content (AvgIpc) is 2.96. The zero-order chi connectivity index (χ0) is 28.0. The number of hydrogen-bond donors (Lipinski definition) is 0. The molecule has 4 aromatic rings. The quantitative estimate of drug-likeness (QED) is 0.176. The number of fused-ring (bicyclic) bond motifs is 1. The summed E-state index contributed by atoms with van der Waals surface area (Å²) in [4.78, 5) is 30.1. The fourth-order valence-corrected chi connectivity index (χ4v) is 4.46. The van der Waals surface area contributed by atoms with Gasteiger partial charge in [-0.05, 0) is 67.1 Å². The Bertz CT molecular complexity index is 1430. The van der Waals surface area contributed by atoms with E-state index in [9.17, 15) is 4.79 Å². The van der Waals surface area contributed by atoms with Gasteiger partial charge in [-0.15, -0.1) is 0 Å². The van der Waals surface area contributed by atoms with Crippen molar-refractivity contribution in [3.05, 3.63) is 113 Å². The third-order valence-electron chi connectivity index (χ3n) is 6.45. The third kappa shape index (κ3) is 7.18. The molecule has 7 heteroatoms. The molecule has 1 aliphatic heterocycles. The molecule has 0 aliphatic carbocycles. The predicted octanol–water partition coefficient (Wildman–Crippen LogP) is 7.13. The van der Waals surface area contributed by atoms with Crippen LogP contribution in [-0.2, 0) is 35.8 Å². The number of nitrogens with zero attached hydrogens (tertiary/aromatic N) is 2. The maximum atomic E-state index is 12.7. The molecule has 0 unspecified atom stereocenters. The number of rotatable bonds is 8. The van der Waals surface area contributed by atoms with E-state index in [0.717, 1.165) is 34.2 Å². The monoisotopic (exact) mass is 538 g/mol. The Hall–Kier alpha value is -4.36. The second-order valence-electron chi connectivity index (χ2n) is 10.7. The molecule has 0 bridgehead atoms. The fraction of sp³-hybridized carbons (Fsp3) is 0.273. The molecule has 2 heterocycles. The minimum Gasteiger partial charge on any atom is -0.472 e. The number of benzene rings is 3. The second kappa shape index (κ2) is 12.2. The SMILES string of the molecule is CC(C)(C)OC(=O)N1CCc2ccc(-c3ccc(OOCc4ccccc4)nc3OCc3ccccc3)cc2C1. The largest absolute Gasteiger partial charge is 0.472 e. The Balaban J connectivity index is 1.37. The molecule has 0 fully saturated rings. The summed E-state index contributed by atoms with van der Waals surface area (Å²) in [7, 11) is 0. The lowest BCUT2D eigenvalue weighted by atomic mass is 9.95. The van der Waals surface area contributed by atoms with E-state index in [1.54, 1.807) is 11.0 Å². The highest BCUT2D eigenvalue weighted by Gasteiger charge is 2.26. The number of hydrogen-bond acceptors (Lipinski definition) is 6. The minimum absolute atomic E-state index is 0.295. The molecular formula is C33H34N2O5. The van der Waals surface area contributed by atoms with E-state index in [2.05, 4.69) is 23.2 Å². The van der Waals surface area contributed by atoms with Gasteiger partial charge < -0.3 is 19.3 Å². The van der Waals surface area contributed by atoms with Gasteiger partial charge in [0.15, 0.2) is 0 Å². The first-order valence-electron chi connectivity index (χ1n) is 13.5. The van der Waals surface area contributed by atoms with Crippen LogP contribution < -0.4 is 9.62 Å². The summed E-state index contributed by atoms with van der Waals surface area (Å²) in [6.45, 7) is 7.40. The van der Waals surface area contributed by atoms with E-state index in [0.29, 0.717) is 38.1 Å². The summed E-state index contributed by atoms with van der Waals surface area (Å²) in [6, 6.07) is 29.7. The molecule has 1 amide bonds. The van der Waals surface area contributed by atoms with Gasteiger partial charge in [-0.25, -0.2) is 4.79 Å². The van der Waals surface area contributed by atoms with Crippen LogP contribution in [0.1, 0.15) is 43.0 Å². The van der Waals surface area contributed by atoms with Crippen molar-refractivity contribution < 1.29 is 24.0 Å². The van der Waals surface area contributed by atoms with Crippen molar-refractivity contribution >= 4 is 6.09 Å². The van der Waals surface area contributed by atoms with E-state index >= 15 is 0 Å². The van der Waals surface area contributed by atoms with Crippen molar-refractivity contribution in [3.63, 3.8) is 0 Å². The molecule has 206 valence electrons.